The summed E-state index contributed by atoms with van der Waals surface area (Å²) < 4.78 is 0. The number of non-ortho nitro benzene ring substituents is 1. The zero-order chi connectivity index (χ0) is 15.2. The molecule has 0 unspecified atom stereocenters. The highest BCUT2D eigenvalue weighted by Gasteiger charge is 2.13. The lowest BCUT2D eigenvalue weighted by molar-refractivity contribution is -0.384. The van der Waals surface area contributed by atoms with Gasteiger partial charge in [-0.1, -0.05) is 18.2 Å². The molecule has 0 fully saturated rings. The molecule has 1 amide bonds. The van der Waals surface area contributed by atoms with Crippen LogP contribution in [-0.4, -0.2) is 23.6 Å². The van der Waals surface area contributed by atoms with E-state index in [0.717, 1.165) is 4.90 Å². The molecule has 0 aliphatic heterocycles. The Morgan fingerprint density at radius 3 is 2.33 bits per heavy atom. The van der Waals surface area contributed by atoms with Crippen LogP contribution in [0.3, 0.4) is 0 Å². The summed E-state index contributed by atoms with van der Waals surface area (Å²) >= 11 is 1.46. The van der Waals surface area contributed by atoms with Crippen molar-refractivity contribution in [2.75, 3.05) is 17.7 Å². The summed E-state index contributed by atoms with van der Waals surface area (Å²) in [5.74, 6) is 0.259. The minimum atomic E-state index is -0.461. The van der Waals surface area contributed by atoms with Gasteiger partial charge in [0, 0.05) is 29.8 Å². The second-order valence-corrected chi connectivity index (χ2v) is 5.38. The molecule has 108 valence electrons. The molecule has 5 nitrogen and oxygen atoms in total. The van der Waals surface area contributed by atoms with Crippen LogP contribution in [0.1, 0.15) is 0 Å². The number of anilines is 1. The SMILES string of the molecule is CN(C(=O)CSc1ccccc1)c1ccc([N+](=O)[O-])cc1. The van der Waals surface area contributed by atoms with E-state index in [9.17, 15) is 14.9 Å². The van der Waals surface area contributed by atoms with E-state index in [0.29, 0.717) is 11.4 Å². The van der Waals surface area contributed by atoms with E-state index in [1.807, 2.05) is 30.3 Å². The van der Waals surface area contributed by atoms with Crippen molar-refractivity contribution < 1.29 is 9.72 Å². The Morgan fingerprint density at radius 1 is 1.14 bits per heavy atom. The molecule has 21 heavy (non-hydrogen) atoms. The average molecular weight is 302 g/mol. The first kappa shape index (κ1) is 15.1. The number of nitro benzene ring substituents is 1. The molecule has 6 heteroatoms. The quantitative estimate of drug-likeness (QED) is 0.483. The van der Waals surface area contributed by atoms with Crippen molar-refractivity contribution in [2.24, 2.45) is 0 Å². The standard InChI is InChI=1S/C15H14N2O3S/c1-16(12-7-9-13(10-8-12)17(19)20)15(18)11-21-14-5-3-2-4-6-14/h2-10H,11H2,1H3. The van der Waals surface area contributed by atoms with Crippen molar-refractivity contribution in [3.63, 3.8) is 0 Å². The lowest BCUT2D eigenvalue weighted by Gasteiger charge is -2.16. The molecule has 2 aromatic rings. The number of rotatable bonds is 5. The number of nitrogens with zero attached hydrogens (tertiary/aromatic N) is 2. The van der Waals surface area contributed by atoms with Crippen LogP contribution < -0.4 is 4.90 Å². The highest BCUT2D eigenvalue weighted by Crippen LogP contribution is 2.21. The predicted molar refractivity (Wildman–Crippen MR) is 83.7 cm³/mol. The molecule has 0 heterocycles. The lowest BCUT2D eigenvalue weighted by atomic mass is 10.2. The summed E-state index contributed by atoms with van der Waals surface area (Å²) in [4.78, 5) is 24.8. The molecule has 0 bridgehead atoms. The van der Waals surface area contributed by atoms with Crippen molar-refractivity contribution in [2.45, 2.75) is 4.90 Å². The second-order valence-electron chi connectivity index (χ2n) is 4.33. The lowest BCUT2D eigenvalue weighted by Crippen LogP contribution is -2.27. The van der Waals surface area contributed by atoms with E-state index in [2.05, 4.69) is 0 Å². The van der Waals surface area contributed by atoms with Gasteiger partial charge < -0.3 is 4.90 Å². The van der Waals surface area contributed by atoms with Gasteiger partial charge >= 0.3 is 0 Å². The van der Waals surface area contributed by atoms with Gasteiger partial charge in [-0.3, -0.25) is 14.9 Å². The van der Waals surface area contributed by atoms with Gasteiger partial charge in [0.2, 0.25) is 5.91 Å². The molecule has 2 aromatic carbocycles. The first-order valence-corrected chi connectivity index (χ1v) is 7.25. The van der Waals surface area contributed by atoms with E-state index in [-0.39, 0.29) is 11.6 Å². The third kappa shape index (κ3) is 4.06. The molecule has 0 aliphatic rings. The van der Waals surface area contributed by atoms with Gasteiger partial charge in [-0.2, -0.15) is 0 Å². The molecular formula is C15H14N2O3S. The Morgan fingerprint density at radius 2 is 1.76 bits per heavy atom. The molecular weight excluding hydrogens is 288 g/mol. The minimum Gasteiger partial charge on any atom is -0.315 e. The molecule has 0 saturated carbocycles. The average Bonchev–Trinajstić information content (AvgIpc) is 2.53. The number of nitro groups is 1. The van der Waals surface area contributed by atoms with Gasteiger partial charge in [-0.05, 0) is 24.3 Å². The maximum Gasteiger partial charge on any atom is 0.269 e. The van der Waals surface area contributed by atoms with Crippen LogP contribution in [0.4, 0.5) is 11.4 Å². The summed E-state index contributed by atoms with van der Waals surface area (Å²) in [6, 6.07) is 15.6. The van der Waals surface area contributed by atoms with E-state index in [1.54, 1.807) is 19.2 Å². The number of benzene rings is 2. The molecule has 0 spiro atoms. The second kappa shape index (κ2) is 6.90. The van der Waals surface area contributed by atoms with Crippen LogP contribution in [0.25, 0.3) is 0 Å². The van der Waals surface area contributed by atoms with Crippen LogP contribution in [-0.2, 0) is 4.79 Å². The summed E-state index contributed by atoms with van der Waals surface area (Å²) in [5.41, 5.74) is 0.650. The van der Waals surface area contributed by atoms with Crippen LogP contribution >= 0.6 is 11.8 Å². The third-order valence-electron chi connectivity index (χ3n) is 2.93. The van der Waals surface area contributed by atoms with Gasteiger partial charge in [-0.15, -0.1) is 11.8 Å². The maximum atomic E-state index is 12.1. The molecule has 0 aliphatic carbocycles. The first-order chi connectivity index (χ1) is 10.1. The predicted octanol–water partition coefficient (Wildman–Crippen LogP) is 3.35. The Labute approximate surface area is 126 Å². The monoisotopic (exact) mass is 302 g/mol. The van der Waals surface area contributed by atoms with E-state index in [4.69, 9.17) is 0 Å². The van der Waals surface area contributed by atoms with Crippen LogP contribution in [0.5, 0.6) is 0 Å². The maximum absolute atomic E-state index is 12.1. The molecule has 0 saturated heterocycles. The summed E-state index contributed by atoms with van der Waals surface area (Å²) in [6.07, 6.45) is 0. The van der Waals surface area contributed by atoms with Gasteiger partial charge in [0.25, 0.3) is 5.69 Å². The van der Waals surface area contributed by atoms with Crippen molar-refractivity contribution in [3.8, 4) is 0 Å². The summed E-state index contributed by atoms with van der Waals surface area (Å²) in [7, 11) is 1.66. The fourth-order valence-corrected chi connectivity index (χ4v) is 2.53. The number of amides is 1. The molecule has 0 radical (unpaired) electrons. The number of thioether (sulfide) groups is 1. The fraction of sp³-hybridized carbons (Fsp3) is 0.133. The Balaban J connectivity index is 1.97. The topological polar surface area (TPSA) is 63.5 Å². The zero-order valence-electron chi connectivity index (χ0n) is 11.4. The first-order valence-electron chi connectivity index (χ1n) is 6.27. The van der Waals surface area contributed by atoms with Gasteiger partial charge in [0.05, 0.1) is 10.7 Å². The number of hydrogen-bond donors (Lipinski definition) is 0. The van der Waals surface area contributed by atoms with Crippen LogP contribution in [0, 0.1) is 10.1 Å². The number of carbonyl (C=O) groups excluding carboxylic acids is 1. The molecule has 0 N–H and O–H groups in total. The summed E-state index contributed by atoms with van der Waals surface area (Å²) in [6.45, 7) is 0. The number of carbonyl (C=O) groups is 1. The highest BCUT2D eigenvalue weighted by molar-refractivity contribution is 8.00. The number of hydrogen-bond acceptors (Lipinski definition) is 4. The third-order valence-corrected chi connectivity index (χ3v) is 3.92. The van der Waals surface area contributed by atoms with Crippen molar-refractivity contribution in [1.82, 2.24) is 0 Å². The molecule has 0 atom stereocenters. The molecule has 2 rings (SSSR count). The van der Waals surface area contributed by atoms with Crippen LogP contribution in [0.2, 0.25) is 0 Å². The Kier molecular flexibility index (Phi) is 4.94. The van der Waals surface area contributed by atoms with E-state index >= 15 is 0 Å². The Hall–Kier alpha value is -2.34. The van der Waals surface area contributed by atoms with Crippen molar-refractivity contribution in [1.29, 1.82) is 0 Å². The minimum absolute atomic E-state index is 0.0123. The fourth-order valence-electron chi connectivity index (χ4n) is 1.70. The summed E-state index contributed by atoms with van der Waals surface area (Å²) in [5, 5.41) is 10.6. The van der Waals surface area contributed by atoms with E-state index in [1.165, 1.54) is 28.8 Å². The zero-order valence-corrected chi connectivity index (χ0v) is 12.2. The largest absolute Gasteiger partial charge is 0.315 e. The van der Waals surface area contributed by atoms with Crippen LogP contribution in [0.15, 0.2) is 59.5 Å². The highest BCUT2D eigenvalue weighted by atomic mass is 32.2. The smallest absolute Gasteiger partial charge is 0.269 e. The van der Waals surface area contributed by atoms with E-state index < -0.39 is 4.92 Å². The van der Waals surface area contributed by atoms with Crippen molar-refractivity contribution >= 4 is 29.0 Å². The van der Waals surface area contributed by atoms with Crippen molar-refractivity contribution in [3.05, 3.63) is 64.7 Å². The normalized spacial score (nSPS) is 10.1. The van der Waals surface area contributed by atoms with Gasteiger partial charge in [0.1, 0.15) is 0 Å². The molecule has 0 aromatic heterocycles. The van der Waals surface area contributed by atoms with Gasteiger partial charge in [0.15, 0.2) is 0 Å². The van der Waals surface area contributed by atoms with Gasteiger partial charge in [-0.25, -0.2) is 0 Å². The Bertz CT molecular complexity index is 629.